The molecule has 1 aliphatic heterocycles. The van der Waals surface area contributed by atoms with Gasteiger partial charge in [0.15, 0.2) is 5.78 Å². The standard InChI is InChI=1S/C14H23NO2/c1-11(2)8-14(5-3-4-6-14)10-15-9-12(16)7-13(15)17/h11H,3-10H2,1-2H3. The highest BCUT2D eigenvalue weighted by molar-refractivity contribution is 6.05. The van der Waals surface area contributed by atoms with Crippen molar-refractivity contribution in [1.82, 2.24) is 4.90 Å². The van der Waals surface area contributed by atoms with Crippen molar-refractivity contribution >= 4 is 11.7 Å². The van der Waals surface area contributed by atoms with Crippen LogP contribution in [0.25, 0.3) is 0 Å². The van der Waals surface area contributed by atoms with E-state index in [2.05, 4.69) is 13.8 Å². The van der Waals surface area contributed by atoms with Crippen molar-refractivity contribution in [2.24, 2.45) is 11.3 Å². The third-order valence-electron chi connectivity index (χ3n) is 4.10. The van der Waals surface area contributed by atoms with Crippen LogP contribution in [0.2, 0.25) is 0 Å². The first-order valence-electron chi connectivity index (χ1n) is 6.80. The smallest absolute Gasteiger partial charge is 0.230 e. The topological polar surface area (TPSA) is 37.4 Å². The molecule has 0 aromatic heterocycles. The maximum absolute atomic E-state index is 11.7. The first kappa shape index (κ1) is 12.6. The Morgan fingerprint density at radius 3 is 2.35 bits per heavy atom. The second kappa shape index (κ2) is 4.79. The number of amides is 1. The summed E-state index contributed by atoms with van der Waals surface area (Å²) in [6.07, 6.45) is 6.33. The van der Waals surface area contributed by atoms with Crippen LogP contribution in [0.1, 0.15) is 52.4 Å². The van der Waals surface area contributed by atoms with Crippen molar-refractivity contribution in [1.29, 1.82) is 0 Å². The van der Waals surface area contributed by atoms with Crippen molar-refractivity contribution in [2.45, 2.75) is 52.4 Å². The highest BCUT2D eigenvalue weighted by Crippen LogP contribution is 2.44. The van der Waals surface area contributed by atoms with Crippen LogP contribution in [0, 0.1) is 11.3 Å². The van der Waals surface area contributed by atoms with E-state index in [4.69, 9.17) is 0 Å². The molecule has 0 bridgehead atoms. The van der Waals surface area contributed by atoms with Gasteiger partial charge in [-0.3, -0.25) is 9.59 Å². The van der Waals surface area contributed by atoms with E-state index in [-0.39, 0.29) is 18.1 Å². The molecule has 1 heterocycles. The molecule has 96 valence electrons. The molecule has 2 aliphatic rings. The Morgan fingerprint density at radius 2 is 1.88 bits per heavy atom. The molecule has 0 unspecified atom stereocenters. The quantitative estimate of drug-likeness (QED) is 0.704. The van der Waals surface area contributed by atoms with Gasteiger partial charge in [-0.1, -0.05) is 26.7 Å². The van der Waals surface area contributed by atoms with Gasteiger partial charge in [-0.15, -0.1) is 0 Å². The molecular weight excluding hydrogens is 214 g/mol. The van der Waals surface area contributed by atoms with Gasteiger partial charge in [0.25, 0.3) is 0 Å². The number of ketones is 1. The van der Waals surface area contributed by atoms with Gasteiger partial charge in [-0.25, -0.2) is 0 Å². The zero-order chi connectivity index (χ0) is 12.5. The van der Waals surface area contributed by atoms with E-state index in [0.717, 1.165) is 6.54 Å². The number of hydrogen-bond donors (Lipinski definition) is 0. The Labute approximate surface area is 104 Å². The molecule has 0 aromatic rings. The van der Waals surface area contributed by atoms with Crippen molar-refractivity contribution in [3.05, 3.63) is 0 Å². The minimum Gasteiger partial charge on any atom is -0.334 e. The maximum atomic E-state index is 11.7. The first-order valence-corrected chi connectivity index (χ1v) is 6.80. The summed E-state index contributed by atoms with van der Waals surface area (Å²) in [5.41, 5.74) is 0.300. The summed E-state index contributed by atoms with van der Waals surface area (Å²) in [7, 11) is 0. The lowest BCUT2D eigenvalue weighted by Gasteiger charge is -2.34. The van der Waals surface area contributed by atoms with Crippen LogP contribution in [-0.4, -0.2) is 29.7 Å². The van der Waals surface area contributed by atoms with Crippen molar-refractivity contribution in [3.8, 4) is 0 Å². The highest BCUT2D eigenvalue weighted by Gasteiger charge is 2.39. The predicted molar refractivity (Wildman–Crippen MR) is 66.6 cm³/mol. The van der Waals surface area contributed by atoms with E-state index in [1.165, 1.54) is 32.1 Å². The predicted octanol–water partition coefficient (Wildman–Crippen LogP) is 2.39. The second-order valence-corrected chi connectivity index (χ2v) is 6.27. The van der Waals surface area contributed by atoms with Gasteiger partial charge in [-0.2, -0.15) is 0 Å². The zero-order valence-corrected chi connectivity index (χ0v) is 11.0. The fraction of sp³-hybridized carbons (Fsp3) is 0.857. The van der Waals surface area contributed by atoms with E-state index in [1.807, 2.05) is 0 Å². The molecule has 0 N–H and O–H groups in total. The Balaban J connectivity index is 2.02. The van der Waals surface area contributed by atoms with Crippen molar-refractivity contribution in [3.63, 3.8) is 0 Å². The summed E-state index contributed by atoms with van der Waals surface area (Å²) in [6, 6.07) is 0. The molecule has 0 radical (unpaired) electrons. The summed E-state index contributed by atoms with van der Waals surface area (Å²) in [4.78, 5) is 24.8. The summed E-state index contributed by atoms with van der Waals surface area (Å²) >= 11 is 0. The third kappa shape index (κ3) is 2.88. The number of rotatable bonds is 4. The van der Waals surface area contributed by atoms with Crippen molar-refractivity contribution in [2.75, 3.05) is 13.1 Å². The molecule has 3 nitrogen and oxygen atoms in total. The Morgan fingerprint density at radius 1 is 1.24 bits per heavy atom. The van der Waals surface area contributed by atoms with E-state index < -0.39 is 0 Å². The normalized spacial score (nSPS) is 24.1. The van der Waals surface area contributed by atoms with E-state index in [0.29, 0.717) is 17.9 Å². The first-order chi connectivity index (χ1) is 8.01. The minimum atomic E-state index is 0.0463. The third-order valence-corrected chi connectivity index (χ3v) is 4.10. The fourth-order valence-electron chi connectivity index (χ4n) is 3.60. The highest BCUT2D eigenvalue weighted by atomic mass is 16.2. The lowest BCUT2D eigenvalue weighted by Crippen LogP contribution is -2.38. The summed E-state index contributed by atoms with van der Waals surface area (Å²) in [5, 5.41) is 0. The minimum absolute atomic E-state index is 0.0463. The monoisotopic (exact) mass is 237 g/mol. The molecule has 1 aliphatic carbocycles. The molecular formula is C14H23NO2. The Kier molecular flexibility index (Phi) is 3.55. The van der Waals surface area contributed by atoms with E-state index in [9.17, 15) is 9.59 Å². The summed E-state index contributed by atoms with van der Waals surface area (Å²) < 4.78 is 0. The average molecular weight is 237 g/mol. The number of carbonyl (C=O) groups excluding carboxylic acids is 2. The molecule has 0 spiro atoms. The van der Waals surface area contributed by atoms with E-state index >= 15 is 0 Å². The number of Topliss-reactive ketones (excluding diaryl/α,β-unsaturated/α-hetero) is 1. The van der Waals surface area contributed by atoms with Gasteiger partial charge in [-0.05, 0) is 30.6 Å². The lowest BCUT2D eigenvalue weighted by molar-refractivity contribution is -0.129. The second-order valence-electron chi connectivity index (χ2n) is 6.27. The van der Waals surface area contributed by atoms with Crippen LogP contribution >= 0.6 is 0 Å². The van der Waals surface area contributed by atoms with Gasteiger partial charge in [0.1, 0.15) is 0 Å². The average Bonchev–Trinajstić information content (AvgIpc) is 2.75. The van der Waals surface area contributed by atoms with Crippen LogP contribution in [-0.2, 0) is 9.59 Å². The molecule has 1 saturated carbocycles. The molecule has 0 atom stereocenters. The largest absolute Gasteiger partial charge is 0.334 e. The Hall–Kier alpha value is -0.860. The summed E-state index contributed by atoms with van der Waals surface area (Å²) in [6.45, 7) is 5.67. The molecule has 1 amide bonds. The lowest BCUT2D eigenvalue weighted by atomic mass is 9.78. The van der Waals surface area contributed by atoms with Gasteiger partial charge in [0.05, 0.1) is 13.0 Å². The van der Waals surface area contributed by atoms with Crippen LogP contribution < -0.4 is 0 Å². The maximum Gasteiger partial charge on any atom is 0.230 e. The number of nitrogens with zero attached hydrogens (tertiary/aromatic N) is 1. The molecule has 1 saturated heterocycles. The SMILES string of the molecule is CC(C)CC1(CN2CC(=O)CC2=O)CCCC1. The number of hydrogen-bond acceptors (Lipinski definition) is 2. The van der Waals surface area contributed by atoms with Crippen LogP contribution in [0.3, 0.4) is 0 Å². The molecule has 0 aromatic carbocycles. The van der Waals surface area contributed by atoms with Crippen LogP contribution in [0.4, 0.5) is 0 Å². The van der Waals surface area contributed by atoms with E-state index in [1.54, 1.807) is 4.90 Å². The zero-order valence-electron chi connectivity index (χ0n) is 11.0. The van der Waals surface area contributed by atoms with Gasteiger partial charge in [0.2, 0.25) is 5.91 Å². The van der Waals surface area contributed by atoms with Crippen molar-refractivity contribution < 1.29 is 9.59 Å². The molecule has 3 heteroatoms. The molecule has 17 heavy (non-hydrogen) atoms. The summed E-state index contributed by atoms with van der Waals surface area (Å²) in [5.74, 6) is 0.805. The van der Waals surface area contributed by atoms with Gasteiger partial charge in [0, 0.05) is 6.54 Å². The van der Waals surface area contributed by atoms with Crippen LogP contribution in [0.5, 0.6) is 0 Å². The number of likely N-dealkylation sites (tertiary alicyclic amines) is 1. The van der Waals surface area contributed by atoms with Gasteiger partial charge >= 0.3 is 0 Å². The molecule has 2 fully saturated rings. The number of carbonyl (C=O) groups is 2. The molecule has 2 rings (SSSR count). The Bertz CT molecular complexity index is 316. The fourth-order valence-corrected chi connectivity index (χ4v) is 3.60. The van der Waals surface area contributed by atoms with Gasteiger partial charge < -0.3 is 4.90 Å². The van der Waals surface area contributed by atoms with Crippen LogP contribution in [0.15, 0.2) is 0 Å².